The van der Waals surface area contributed by atoms with Crippen LogP contribution in [0.3, 0.4) is 0 Å². The first-order valence-electron chi connectivity index (χ1n) is 16.9. The summed E-state index contributed by atoms with van der Waals surface area (Å²) in [4.78, 5) is 41.6. The SMILES string of the molecule is COc1cc2cc(c1-c1ccc(N)cc1)N(C)C(=O)C[C@H](OC(=O)C(C)C)C1C[C@@](C)(O1)C1C[C@]3(NC(=O)O1)OC(C)[C@@H]3/C=C/C=C(\C)C2. The Bertz CT molecular complexity index is 1680. The predicted octanol–water partition coefficient (Wildman–Crippen LogP) is 5.70. The summed E-state index contributed by atoms with van der Waals surface area (Å²) >= 11 is 0. The van der Waals surface area contributed by atoms with E-state index < -0.39 is 47.6 Å². The van der Waals surface area contributed by atoms with Crippen LogP contribution in [-0.2, 0) is 35.0 Å². The number of nitrogens with zero attached hydrogens (tertiary/aromatic N) is 1. The van der Waals surface area contributed by atoms with E-state index in [1.807, 2.05) is 63.2 Å². The van der Waals surface area contributed by atoms with Crippen LogP contribution in [0.25, 0.3) is 11.1 Å². The van der Waals surface area contributed by atoms with Gasteiger partial charge in [-0.1, -0.05) is 49.8 Å². The van der Waals surface area contributed by atoms with Gasteiger partial charge in [0.25, 0.3) is 0 Å². The van der Waals surface area contributed by atoms with E-state index in [4.69, 9.17) is 29.4 Å². The number of nitrogens with two attached hydrogens (primary N) is 1. The summed E-state index contributed by atoms with van der Waals surface area (Å²) in [5.74, 6) is -0.584. The lowest BCUT2D eigenvalue weighted by atomic mass is 9.73. The normalized spacial score (nSPS) is 33.1. The number of esters is 1. The van der Waals surface area contributed by atoms with E-state index >= 15 is 0 Å². The van der Waals surface area contributed by atoms with Gasteiger partial charge >= 0.3 is 12.1 Å². The standard InChI is InChI=1S/C38H47N3O8/c1-21(2)35(43)46-29-18-33(42)41(6)28-16-24(17-30(45-7)34(28)25-11-13-26(39)14-12-25)15-22(3)9-8-10-27-23(4)48-38(27)20-32(47-36(44)40-38)37(5)19-31(29)49-37/h8-14,16-17,21,23,27,29,31-32H,15,18-20,39H2,1-7H3,(H,40,44)/b10-8+,22-9+/t23?,27-,29-,31?,32?,37+,38-/m0/s1. The molecule has 2 aromatic carbocycles. The molecule has 11 heteroatoms. The first kappa shape index (κ1) is 34.5. The van der Waals surface area contributed by atoms with Crippen molar-refractivity contribution in [2.24, 2.45) is 11.8 Å². The number of fused-ring (bicyclic) bond motifs is 5. The van der Waals surface area contributed by atoms with Gasteiger partial charge in [0.1, 0.15) is 23.6 Å². The average molecular weight is 674 g/mol. The molecule has 3 N–H and O–H groups in total. The highest BCUT2D eigenvalue weighted by Gasteiger charge is 2.63. The molecule has 262 valence electrons. The van der Waals surface area contributed by atoms with Crippen molar-refractivity contribution in [1.82, 2.24) is 5.32 Å². The Morgan fingerprint density at radius 3 is 2.49 bits per heavy atom. The molecule has 6 bridgehead atoms. The molecule has 5 aliphatic rings. The second-order valence-electron chi connectivity index (χ2n) is 14.3. The molecule has 2 aromatic rings. The lowest BCUT2D eigenvalue weighted by molar-refractivity contribution is -0.313. The van der Waals surface area contributed by atoms with E-state index in [9.17, 15) is 14.4 Å². The number of nitrogens with one attached hydrogen (secondary N) is 1. The van der Waals surface area contributed by atoms with Crippen LogP contribution in [-0.4, -0.2) is 67.9 Å². The van der Waals surface area contributed by atoms with Crippen LogP contribution < -0.4 is 20.7 Å². The van der Waals surface area contributed by atoms with Gasteiger partial charge in [0.15, 0.2) is 5.72 Å². The highest BCUT2D eigenvalue weighted by molar-refractivity contribution is 5.99. The number of carbonyl (C=O) groups is 3. The number of anilines is 2. The van der Waals surface area contributed by atoms with E-state index in [1.165, 1.54) is 0 Å². The third-order valence-corrected chi connectivity index (χ3v) is 10.2. The number of benzene rings is 2. The van der Waals surface area contributed by atoms with Crippen molar-refractivity contribution in [1.29, 1.82) is 0 Å². The second kappa shape index (κ2) is 13.2. The zero-order valence-corrected chi connectivity index (χ0v) is 29.3. The van der Waals surface area contributed by atoms with Gasteiger partial charge in [0.05, 0.1) is 43.3 Å². The molecular formula is C38H47N3O8. The molecular weight excluding hydrogens is 626 g/mol. The molecule has 7 atom stereocenters. The first-order chi connectivity index (χ1) is 23.2. The zero-order chi connectivity index (χ0) is 35.2. The monoisotopic (exact) mass is 673 g/mol. The maximum absolute atomic E-state index is 14.2. The van der Waals surface area contributed by atoms with E-state index in [0.717, 1.165) is 22.3 Å². The molecule has 1 spiro atoms. The molecule has 0 saturated carbocycles. The molecule has 3 fully saturated rings. The average Bonchev–Trinajstić information content (AvgIpc) is 3.03. The van der Waals surface area contributed by atoms with Gasteiger partial charge < -0.3 is 34.3 Å². The lowest BCUT2D eigenvalue weighted by Gasteiger charge is -2.59. The van der Waals surface area contributed by atoms with Gasteiger partial charge in [-0.2, -0.15) is 0 Å². The third kappa shape index (κ3) is 6.66. The van der Waals surface area contributed by atoms with Gasteiger partial charge in [0.2, 0.25) is 5.91 Å². The van der Waals surface area contributed by atoms with Crippen LogP contribution in [0.4, 0.5) is 16.2 Å². The first-order valence-corrected chi connectivity index (χ1v) is 16.9. The smallest absolute Gasteiger partial charge is 0.409 e. The van der Waals surface area contributed by atoms with E-state index in [2.05, 4.69) is 17.5 Å². The van der Waals surface area contributed by atoms with Crippen LogP contribution in [0.1, 0.15) is 59.4 Å². The highest BCUT2D eigenvalue weighted by Crippen LogP contribution is 2.50. The van der Waals surface area contributed by atoms with E-state index in [1.54, 1.807) is 32.9 Å². The fraction of sp³-hybridized carbons (Fsp3) is 0.500. The van der Waals surface area contributed by atoms with Gasteiger partial charge in [-0.3, -0.25) is 14.9 Å². The van der Waals surface area contributed by atoms with Crippen LogP contribution in [0, 0.1) is 11.8 Å². The van der Waals surface area contributed by atoms with Crippen LogP contribution >= 0.6 is 0 Å². The topological polar surface area (TPSA) is 139 Å². The minimum absolute atomic E-state index is 0.0923. The molecule has 3 unspecified atom stereocenters. The summed E-state index contributed by atoms with van der Waals surface area (Å²) in [6.45, 7) is 9.41. The van der Waals surface area contributed by atoms with Crippen molar-refractivity contribution in [3.63, 3.8) is 0 Å². The quantitative estimate of drug-likeness (QED) is 0.309. The molecule has 49 heavy (non-hydrogen) atoms. The summed E-state index contributed by atoms with van der Waals surface area (Å²) in [5.41, 5.74) is 9.08. The van der Waals surface area contributed by atoms with E-state index in [0.29, 0.717) is 36.4 Å². The van der Waals surface area contributed by atoms with Gasteiger partial charge in [0, 0.05) is 31.1 Å². The number of hydrogen-bond acceptors (Lipinski definition) is 9. The number of nitrogen functional groups attached to an aromatic ring is 1. The Morgan fingerprint density at radius 2 is 1.84 bits per heavy atom. The van der Waals surface area contributed by atoms with Crippen molar-refractivity contribution in [2.75, 3.05) is 24.8 Å². The summed E-state index contributed by atoms with van der Waals surface area (Å²) in [6.07, 6.45) is 4.64. The largest absolute Gasteiger partial charge is 0.496 e. The number of allylic oxidation sites excluding steroid dienone is 3. The molecule has 0 aromatic heterocycles. The molecule has 5 aliphatic heterocycles. The number of amides is 2. The Morgan fingerprint density at radius 1 is 1.12 bits per heavy atom. The van der Waals surface area contributed by atoms with Crippen molar-refractivity contribution in [3.05, 3.63) is 65.8 Å². The predicted molar refractivity (Wildman–Crippen MR) is 185 cm³/mol. The lowest BCUT2D eigenvalue weighted by Crippen LogP contribution is -2.74. The van der Waals surface area contributed by atoms with Crippen molar-refractivity contribution < 1.29 is 38.1 Å². The Balaban J connectivity index is 1.43. The Kier molecular flexibility index (Phi) is 9.27. The summed E-state index contributed by atoms with van der Waals surface area (Å²) in [6, 6.07) is 11.4. The number of carbonyl (C=O) groups excluding carboxylic acids is 3. The fourth-order valence-electron chi connectivity index (χ4n) is 7.41. The van der Waals surface area contributed by atoms with Crippen LogP contribution in [0.5, 0.6) is 5.75 Å². The molecule has 7 rings (SSSR count). The second-order valence-corrected chi connectivity index (χ2v) is 14.3. The summed E-state index contributed by atoms with van der Waals surface area (Å²) in [7, 11) is 3.33. The molecule has 5 heterocycles. The Labute approximate surface area is 287 Å². The molecule has 3 saturated heterocycles. The maximum atomic E-state index is 14.2. The number of ether oxygens (including phenoxy) is 5. The number of rotatable bonds is 4. The third-order valence-electron chi connectivity index (χ3n) is 10.2. The molecule has 11 nitrogen and oxygen atoms in total. The Hall–Kier alpha value is -4.35. The van der Waals surface area contributed by atoms with Crippen molar-refractivity contribution >= 4 is 29.3 Å². The number of hydrogen-bond donors (Lipinski definition) is 2. The summed E-state index contributed by atoms with van der Waals surface area (Å²) in [5, 5.41) is 2.93. The minimum Gasteiger partial charge on any atom is -0.496 e. The van der Waals surface area contributed by atoms with E-state index in [-0.39, 0.29) is 24.3 Å². The molecule has 0 radical (unpaired) electrons. The van der Waals surface area contributed by atoms with Crippen LogP contribution in [0.15, 0.2) is 60.2 Å². The van der Waals surface area contributed by atoms with Gasteiger partial charge in [-0.05, 0) is 62.6 Å². The zero-order valence-electron chi connectivity index (χ0n) is 29.3. The van der Waals surface area contributed by atoms with Crippen LogP contribution in [0.2, 0.25) is 0 Å². The molecule has 0 aliphatic carbocycles. The minimum atomic E-state index is -0.930. The van der Waals surface area contributed by atoms with Crippen molar-refractivity contribution in [3.8, 4) is 16.9 Å². The van der Waals surface area contributed by atoms with Gasteiger partial charge in [-0.15, -0.1) is 0 Å². The summed E-state index contributed by atoms with van der Waals surface area (Å²) < 4.78 is 30.3. The molecule has 2 amide bonds. The maximum Gasteiger partial charge on any atom is 0.409 e. The van der Waals surface area contributed by atoms with Gasteiger partial charge in [-0.25, -0.2) is 4.79 Å². The number of alkyl carbamates (subject to hydrolysis) is 1. The fourth-order valence-corrected chi connectivity index (χ4v) is 7.41. The number of methoxy groups -OCH3 is 1. The van der Waals surface area contributed by atoms with Crippen molar-refractivity contribution in [2.45, 2.75) is 96.0 Å². The highest BCUT2D eigenvalue weighted by atomic mass is 16.6.